The molecule has 1 unspecified atom stereocenters. The Hall–Kier alpha value is -0.770. The Morgan fingerprint density at radius 1 is 1.71 bits per heavy atom. The van der Waals surface area contributed by atoms with Gasteiger partial charge in [0.2, 0.25) is 0 Å². The molecule has 0 amide bonds. The Morgan fingerprint density at radius 2 is 2.50 bits per heavy atom. The van der Waals surface area contributed by atoms with Crippen molar-refractivity contribution in [3.8, 4) is 0 Å². The van der Waals surface area contributed by atoms with Crippen LogP contribution in [0.5, 0.6) is 0 Å². The number of rotatable bonds is 2. The lowest BCUT2D eigenvalue weighted by atomic mass is 9.98. The second-order valence-corrected chi connectivity index (χ2v) is 5.45. The molecule has 0 saturated carbocycles. The smallest absolute Gasteiger partial charge is 0.196 e. The molecule has 4 heteroatoms. The Balaban J connectivity index is 2.28. The molecule has 0 N–H and O–H groups in total. The van der Waals surface area contributed by atoms with E-state index in [9.17, 15) is 4.79 Å². The van der Waals surface area contributed by atoms with Crippen molar-refractivity contribution in [1.29, 1.82) is 0 Å². The van der Waals surface area contributed by atoms with Crippen molar-refractivity contribution in [1.82, 2.24) is 9.78 Å². The number of nitrogens with zero attached hydrogens (tertiary/aromatic N) is 2. The van der Waals surface area contributed by atoms with Crippen LogP contribution >= 0.6 is 11.8 Å². The summed E-state index contributed by atoms with van der Waals surface area (Å²) in [6, 6.07) is 1.80. The van der Waals surface area contributed by atoms with Crippen LogP contribution in [-0.2, 0) is 7.05 Å². The largest absolute Gasteiger partial charge is 0.291 e. The van der Waals surface area contributed by atoms with Crippen molar-refractivity contribution in [3.05, 3.63) is 18.0 Å². The summed E-state index contributed by atoms with van der Waals surface area (Å²) in [5, 5.41) is 4.03. The maximum atomic E-state index is 12.2. The lowest BCUT2D eigenvalue weighted by Crippen LogP contribution is -2.30. The molecule has 1 atom stereocenters. The SMILES string of the molecule is Cn1nccc1C(=O)C1(C)CCCS1. The molecular formula is C10H14N2OS. The lowest BCUT2D eigenvalue weighted by molar-refractivity contribution is 0.0939. The average molecular weight is 210 g/mol. The topological polar surface area (TPSA) is 34.9 Å². The van der Waals surface area contributed by atoms with E-state index in [0.29, 0.717) is 0 Å². The van der Waals surface area contributed by atoms with E-state index in [1.807, 2.05) is 14.0 Å². The average Bonchev–Trinajstić information content (AvgIpc) is 2.74. The minimum Gasteiger partial charge on any atom is -0.291 e. The predicted molar refractivity (Wildman–Crippen MR) is 57.6 cm³/mol. The zero-order chi connectivity index (χ0) is 10.2. The van der Waals surface area contributed by atoms with Crippen molar-refractivity contribution >= 4 is 17.5 Å². The maximum absolute atomic E-state index is 12.2. The zero-order valence-electron chi connectivity index (χ0n) is 8.49. The third-order valence-corrected chi connectivity index (χ3v) is 4.27. The molecule has 0 spiro atoms. The van der Waals surface area contributed by atoms with Crippen molar-refractivity contribution < 1.29 is 4.79 Å². The van der Waals surface area contributed by atoms with Crippen LogP contribution in [0.25, 0.3) is 0 Å². The monoisotopic (exact) mass is 210 g/mol. The first-order valence-electron chi connectivity index (χ1n) is 4.80. The molecule has 1 aliphatic heterocycles. The van der Waals surface area contributed by atoms with Gasteiger partial charge in [0.1, 0.15) is 5.69 Å². The predicted octanol–water partition coefficient (Wildman–Crippen LogP) is 1.89. The van der Waals surface area contributed by atoms with Crippen LogP contribution in [0.4, 0.5) is 0 Å². The van der Waals surface area contributed by atoms with Gasteiger partial charge in [0.15, 0.2) is 5.78 Å². The van der Waals surface area contributed by atoms with Crippen molar-refractivity contribution in [3.63, 3.8) is 0 Å². The van der Waals surface area contributed by atoms with E-state index in [0.717, 1.165) is 24.3 Å². The van der Waals surface area contributed by atoms with Gasteiger partial charge in [-0.2, -0.15) is 5.10 Å². The summed E-state index contributed by atoms with van der Waals surface area (Å²) in [5.41, 5.74) is 0.724. The maximum Gasteiger partial charge on any atom is 0.196 e. The number of thioether (sulfide) groups is 1. The lowest BCUT2D eigenvalue weighted by Gasteiger charge is -2.20. The van der Waals surface area contributed by atoms with Gasteiger partial charge < -0.3 is 0 Å². The number of hydrogen-bond donors (Lipinski definition) is 0. The summed E-state index contributed by atoms with van der Waals surface area (Å²) < 4.78 is 1.44. The van der Waals surface area contributed by atoms with E-state index in [2.05, 4.69) is 5.10 Å². The Kier molecular flexibility index (Phi) is 2.39. The normalized spacial score (nSPS) is 26.7. The van der Waals surface area contributed by atoms with Gasteiger partial charge in [0.25, 0.3) is 0 Å². The third-order valence-electron chi connectivity index (χ3n) is 2.75. The molecule has 1 aromatic heterocycles. The van der Waals surface area contributed by atoms with E-state index in [-0.39, 0.29) is 10.5 Å². The van der Waals surface area contributed by atoms with E-state index in [4.69, 9.17) is 0 Å². The first kappa shape index (κ1) is 9.77. The molecule has 0 radical (unpaired) electrons. The second-order valence-electron chi connectivity index (χ2n) is 3.85. The first-order chi connectivity index (χ1) is 6.63. The molecule has 0 bridgehead atoms. The highest BCUT2D eigenvalue weighted by atomic mass is 32.2. The molecule has 3 nitrogen and oxygen atoms in total. The molecule has 1 aromatic rings. The third kappa shape index (κ3) is 1.47. The van der Waals surface area contributed by atoms with Crippen LogP contribution in [-0.4, -0.2) is 26.1 Å². The minimum absolute atomic E-state index is 0.214. The molecule has 1 aliphatic rings. The molecular weight excluding hydrogens is 196 g/mol. The summed E-state index contributed by atoms with van der Waals surface area (Å²) in [4.78, 5) is 12.2. The van der Waals surface area contributed by atoms with Gasteiger partial charge in [-0.05, 0) is 31.6 Å². The first-order valence-corrected chi connectivity index (χ1v) is 5.79. The van der Waals surface area contributed by atoms with Crippen LogP contribution < -0.4 is 0 Å². The summed E-state index contributed by atoms with van der Waals surface area (Å²) in [7, 11) is 1.82. The van der Waals surface area contributed by atoms with E-state index >= 15 is 0 Å². The van der Waals surface area contributed by atoms with Gasteiger partial charge >= 0.3 is 0 Å². The van der Waals surface area contributed by atoms with Gasteiger partial charge in [-0.3, -0.25) is 9.48 Å². The van der Waals surface area contributed by atoms with Crippen LogP contribution in [0.15, 0.2) is 12.3 Å². The van der Waals surface area contributed by atoms with E-state index in [1.54, 1.807) is 28.7 Å². The van der Waals surface area contributed by atoms with Crippen LogP contribution in [0, 0.1) is 0 Å². The van der Waals surface area contributed by atoms with Crippen LogP contribution in [0.3, 0.4) is 0 Å². The fourth-order valence-electron chi connectivity index (χ4n) is 1.83. The number of carbonyl (C=O) groups excluding carboxylic acids is 1. The number of ketones is 1. The summed E-state index contributed by atoms with van der Waals surface area (Å²) in [6.07, 6.45) is 3.81. The number of hydrogen-bond acceptors (Lipinski definition) is 3. The minimum atomic E-state index is -0.214. The van der Waals surface area contributed by atoms with E-state index in [1.165, 1.54) is 0 Å². The molecule has 14 heavy (non-hydrogen) atoms. The summed E-state index contributed by atoms with van der Waals surface area (Å²) in [6.45, 7) is 2.04. The van der Waals surface area contributed by atoms with Crippen LogP contribution in [0.2, 0.25) is 0 Å². The fraction of sp³-hybridized carbons (Fsp3) is 0.600. The van der Waals surface area contributed by atoms with Gasteiger partial charge in [0, 0.05) is 13.2 Å². The number of Topliss-reactive ketones (excluding diaryl/α,β-unsaturated/α-hetero) is 1. The standard InChI is InChI=1S/C10H14N2OS/c1-10(5-3-7-14-10)9(13)8-4-6-11-12(8)2/h4,6H,3,5,7H2,1-2H3. The highest BCUT2D eigenvalue weighted by molar-refractivity contribution is 8.01. The second kappa shape index (κ2) is 3.42. The Bertz CT molecular complexity index is 353. The fourth-order valence-corrected chi connectivity index (χ4v) is 3.09. The molecule has 0 aromatic carbocycles. The molecule has 2 rings (SSSR count). The molecule has 0 aliphatic carbocycles. The highest BCUT2D eigenvalue weighted by Gasteiger charge is 2.38. The van der Waals surface area contributed by atoms with Crippen LogP contribution in [0.1, 0.15) is 30.3 Å². The molecule has 1 fully saturated rings. The van der Waals surface area contributed by atoms with Gasteiger partial charge in [-0.25, -0.2) is 0 Å². The van der Waals surface area contributed by atoms with Crippen molar-refractivity contribution in [2.24, 2.45) is 7.05 Å². The number of aryl methyl sites for hydroxylation is 1. The van der Waals surface area contributed by atoms with Crippen molar-refractivity contribution in [2.45, 2.75) is 24.5 Å². The van der Waals surface area contributed by atoms with Gasteiger partial charge in [-0.15, -0.1) is 11.8 Å². The zero-order valence-corrected chi connectivity index (χ0v) is 9.30. The number of carbonyl (C=O) groups is 1. The summed E-state index contributed by atoms with van der Waals surface area (Å²) in [5.74, 6) is 1.32. The molecule has 2 heterocycles. The number of aromatic nitrogens is 2. The molecule has 76 valence electrons. The van der Waals surface area contributed by atoms with E-state index < -0.39 is 0 Å². The highest BCUT2D eigenvalue weighted by Crippen LogP contribution is 2.39. The van der Waals surface area contributed by atoms with Gasteiger partial charge in [-0.1, -0.05) is 0 Å². The Labute approximate surface area is 87.9 Å². The van der Waals surface area contributed by atoms with Crippen molar-refractivity contribution in [2.75, 3.05) is 5.75 Å². The molecule has 1 saturated heterocycles. The van der Waals surface area contributed by atoms with Gasteiger partial charge in [0.05, 0.1) is 4.75 Å². The summed E-state index contributed by atoms with van der Waals surface area (Å²) >= 11 is 1.77. The quantitative estimate of drug-likeness (QED) is 0.699. The Morgan fingerprint density at radius 3 is 3.00 bits per heavy atom.